The van der Waals surface area contributed by atoms with Crippen LogP contribution >= 0.6 is 11.6 Å². The number of hydrogen-bond donors (Lipinski definition) is 1. The number of sulfonamides is 1. The Kier molecular flexibility index (Phi) is 6.58. The number of carbonyl (C=O) groups excluding carboxylic acids is 1. The van der Waals surface area contributed by atoms with E-state index in [1.54, 1.807) is 24.3 Å². The van der Waals surface area contributed by atoms with Crippen molar-refractivity contribution in [3.63, 3.8) is 0 Å². The Labute approximate surface area is 153 Å². The fourth-order valence-electron chi connectivity index (χ4n) is 2.53. The van der Waals surface area contributed by atoms with Gasteiger partial charge in [-0.25, -0.2) is 8.42 Å². The molecule has 1 unspecified atom stereocenters. The Morgan fingerprint density at radius 3 is 2.28 bits per heavy atom. The third-order valence-corrected chi connectivity index (χ3v) is 5.47. The van der Waals surface area contributed by atoms with Crippen molar-refractivity contribution in [2.45, 2.75) is 13.0 Å². The topological polar surface area (TPSA) is 66.5 Å². The summed E-state index contributed by atoms with van der Waals surface area (Å²) in [7, 11) is -3.42. The molecule has 0 aliphatic rings. The standard InChI is InChI=1S/C18H21ClN2O3S/c1-14(15-6-4-3-5-7-15)21(25(2,23)24)13-12-20-18(22)16-8-10-17(19)11-9-16/h3-11,14H,12-13H2,1-2H3,(H,20,22). The lowest BCUT2D eigenvalue weighted by Gasteiger charge is -2.27. The van der Waals surface area contributed by atoms with Crippen molar-refractivity contribution in [1.29, 1.82) is 0 Å². The fraction of sp³-hybridized carbons (Fsp3) is 0.278. The lowest BCUT2D eigenvalue weighted by atomic mass is 10.1. The first kappa shape index (κ1) is 19.4. The maximum Gasteiger partial charge on any atom is 0.251 e. The molecule has 1 amide bonds. The maximum atomic E-state index is 12.1. The molecule has 0 aromatic heterocycles. The molecule has 0 heterocycles. The summed E-state index contributed by atoms with van der Waals surface area (Å²) in [6.45, 7) is 2.23. The molecule has 25 heavy (non-hydrogen) atoms. The summed E-state index contributed by atoms with van der Waals surface area (Å²) >= 11 is 5.80. The van der Waals surface area contributed by atoms with E-state index in [1.165, 1.54) is 10.6 Å². The predicted octanol–water partition coefficient (Wildman–Crippen LogP) is 3.09. The number of carbonyl (C=O) groups is 1. The second-order valence-electron chi connectivity index (χ2n) is 5.72. The predicted molar refractivity (Wildman–Crippen MR) is 100 cm³/mol. The lowest BCUT2D eigenvalue weighted by molar-refractivity contribution is 0.0950. The van der Waals surface area contributed by atoms with E-state index in [9.17, 15) is 13.2 Å². The number of rotatable bonds is 7. The third kappa shape index (κ3) is 5.56. The summed E-state index contributed by atoms with van der Waals surface area (Å²) in [6, 6.07) is 15.6. The fourth-order valence-corrected chi connectivity index (χ4v) is 3.77. The van der Waals surface area contributed by atoms with Crippen LogP contribution < -0.4 is 5.32 Å². The molecule has 0 bridgehead atoms. The van der Waals surface area contributed by atoms with Gasteiger partial charge in [0.15, 0.2) is 0 Å². The van der Waals surface area contributed by atoms with Crippen LogP contribution in [0.4, 0.5) is 0 Å². The number of benzene rings is 2. The van der Waals surface area contributed by atoms with Gasteiger partial charge in [0.1, 0.15) is 0 Å². The Morgan fingerprint density at radius 1 is 1.12 bits per heavy atom. The van der Waals surface area contributed by atoms with Crippen molar-refractivity contribution in [3.05, 3.63) is 70.7 Å². The first-order valence-corrected chi connectivity index (χ1v) is 10.1. The summed E-state index contributed by atoms with van der Waals surface area (Å²) in [6.07, 6.45) is 1.17. The smallest absolute Gasteiger partial charge is 0.251 e. The maximum absolute atomic E-state index is 12.1. The van der Waals surface area contributed by atoms with Crippen molar-refractivity contribution in [3.8, 4) is 0 Å². The van der Waals surface area contributed by atoms with Gasteiger partial charge in [0.05, 0.1) is 6.26 Å². The minimum Gasteiger partial charge on any atom is -0.351 e. The van der Waals surface area contributed by atoms with Crippen LogP contribution in [-0.4, -0.2) is 38.0 Å². The highest BCUT2D eigenvalue weighted by molar-refractivity contribution is 7.88. The van der Waals surface area contributed by atoms with E-state index in [0.717, 1.165) is 5.56 Å². The summed E-state index contributed by atoms with van der Waals surface area (Å²) in [5.41, 5.74) is 1.38. The molecule has 0 saturated carbocycles. The minimum atomic E-state index is -3.42. The van der Waals surface area contributed by atoms with Gasteiger partial charge in [-0.2, -0.15) is 4.31 Å². The molecule has 1 atom stereocenters. The molecular weight excluding hydrogens is 360 g/mol. The van der Waals surface area contributed by atoms with E-state index in [1.807, 2.05) is 37.3 Å². The number of nitrogens with one attached hydrogen (secondary N) is 1. The number of amides is 1. The van der Waals surface area contributed by atoms with Crippen molar-refractivity contribution in [1.82, 2.24) is 9.62 Å². The summed E-state index contributed by atoms with van der Waals surface area (Å²) in [4.78, 5) is 12.1. The molecule has 1 N–H and O–H groups in total. The Bertz CT molecular complexity index is 808. The molecule has 0 radical (unpaired) electrons. The van der Waals surface area contributed by atoms with Gasteiger partial charge >= 0.3 is 0 Å². The van der Waals surface area contributed by atoms with Gasteiger partial charge in [-0.1, -0.05) is 41.9 Å². The highest BCUT2D eigenvalue weighted by atomic mass is 35.5. The molecule has 0 aliphatic carbocycles. The van der Waals surface area contributed by atoms with Crippen LogP contribution in [0.15, 0.2) is 54.6 Å². The van der Waals surface area contributed by atoms with Crippen molar-refractivity contribution >= 4 is 27.5 Å². The van der Waals surface area contributed by atoms with E-state index in [2.05, 4.69) is 5.32 Å². The average Bonchev–Trinajstić information content (AvgIpc) is 2.58. The van der Waals surface area contributed by atoms with E-state index in [4.69, 9.17) is 11.6 Å². The van der Waals surface area contributed by atoms with Gasteiger partial charge in [-0.15, -0.1) is 0 Å². The average molecular weight is 381 g/mol. The number of nitrogens with zero attached hydrogens (tertiary/aromatic N) is 1. The number of hydrogen-bond acceptors (Lipinski definition) is 3. The second kappa shape index (κ2) is 8.47. The van der Waals surface area contributed by atoms with Crippen LogP contribution in [0.1, 0.15) is 28.9 Å². The third-order valence-electron chi connectivity index (χ3n) is 3.86. The van der Waals surface area contributed by atoms with Gasteiger partial charge in [0.25, 0.3) is 5.91 Å². The van der Waals surface area contributed by atoms with Crippen LogP contribution in [0, 0.1) is 0 Å². The molecule has 2 rings (SSSR count). The Hall–Kier alpha value is -1.89. The second-order valence-corrected chi connectivity index (χ2v) is 8.09. The molecule has 0 saturated heterocycles. The molecule has 2 aromatic carbocycles. The highest BCUT2D eigenvalue weighted by Crippen LogP contribution is 2.22. The molecule has 134 valence electrons. The van der Waals surface area contributed by atoms with Crippen LogP contribution in [0.5, 0.6) is 0 Å². The first-order chi connectivity index (χ1) is 11.8. The van der Waals surface area contributed by atoms with E-state index in [0.29, 0.717) is 10.6 Å². The first-order valence-electron chi connectivity index (χ1n) is 7.84. The van der Waals surface area contributed by atoms with Gasteiger partial charge in [0.2, 0.25) is 10.0 Å². The molecule has 0 fully saturated rings. The van der Waals surface area contributed by atoms with Gasteiger partial charge in [0, 0.05) is 29.7 Å². The van der Waals surface area contributed by atoms with E-state index >= 15 is 0 Å². The zero-order chi connectivity index (χ0) is 18.4. The van der Waals surface area contributed by atoms with Crippen LogP contribution in [0.2, 0.25) is 5.02 Å². The Balaban J connectivity index is 2.01. The molecule has 0 spiro atoms. The molecule has 7 heteroatoms. The summed E-state index contributed by atoms with van der Waals surface area (Å²) < 4.78 is 25.6. The monoisotopic (exact) mass is 380 g/mol. The Morgan fingerprint density at radius 2 is 1.72 bits per heavy atom. The molecule has 2 aromatic rings. The SMILES string of the molecule is CC(c1ccccc1)N(CCNC(=O)c1ccc(Cl)cc1)S(C)(=O)=O. The largest absolute Gasteiger partial charge is 0.351 e. The summed E-state index contributed by atoms with van der Waals surface area (Å²) in [5.74, 6) is -0.266. The van der Waals surface area contributed by atoms with Gasteiger partial charge in [-0.05, 0) is 36.8 Å². The molecule has 5 nitrogen and oxygen atoms in total. The van der Waals surface area contributed by atoms with Crippen LogP contribution in [0.3, 0.4) is 0 Å². The summed E-state index contributed by atoms with van der Waals surface area (Å²) in [5, 5.41) is 3.29. The zero-order valence-electron chi connectivity index (χ0n) is 14.1. The van der Waals surface area contributed by atoms with Gasteiger partial charge in [-0.3, -0.25) is 4.79 Å². The van der Waals surface area contributed by atoms with Crippen LogP contribution in [-0.2, 0) is 10.0 Å². The minimum absolute atomic E-state index is 0.189. The van der Waals surface area contributed by atoms with E-state index in [-0.39, 0.29) is 25.0 Å². The van der Waals surface area contributed by atoms with E-state index < -0.39 is 10.0 Å². The van der Waals surface area contributed by atoms with Crippen molar-refractivity contribution in [2.75, 3.05) is 19.3 Å². The van der Waals surface area contributed by atoms with Crippen molar-refractivity contribution in [2.24, 2.45) is 0 Å². The van der Waals surface area contributed by atoms with Crippen molar-refractivity contribution < 1.29 is 13.2 Å². The quantitative estimate of drug-likeness (QED) is 0.802. The van der Waals surface area contributed by atoms with Crippen LogP contribution in [0.25, 0.3) is 0 Å². The normalized spacial score (nSPS) is 12.8. The van der Waals surface area contributed by atoms with Gasteiger partial charge < -0.3 is 5.32 Å². The number of halogens is 1. The molecule has 0 aliphatic heterocycles. The molecular formula is C18H21ClN2O3S. The highest BCUT2D eigenvalue weighted by Gasteiger charge is 2.24. The zero-order valence-corrected chi connectivity index (χ0v) is 15.7. The lowest BCUT2D eigenvalue weighted by Crippen LogP contribution is -2.39.